The van der Waals surface area contributed by atoms with Crippen molar-refractivity contribution in [2.45, 2.75) is 19.8 Å². The molecule has 0 aliphatic heterocycles. The summed E-state index contributed by atoms with van der Waals surface area (Å²) < 4.78 is 36.9. The molecule has 18 heavy (non-hydrogen) atoms. The molecule has 0 aromatic rings. The summed E-state index contributed by atoms with van der Waals surface area (Å²) in [7, 11) is -1.71. The van der Waals surface area contributed by atoms with E-state index in [0.29, 0.717) is 39.5 Å². The molecule has 0 rings (SSSR count). The van der Waals surface area contributed by atoms with Crippen LogP contribution in [0.25, 0.3) is 0 Å². The Kier molecular flexibility index (Phi) is 10.6. The highest BCUT2D eigenvalue weighted by Gasteiger charge is 2.07. The minimum Gasteiger partial charge on any atom is -0.382 e. The van der Waals surface area contributed by atoms with Gasteiger partial charge < -0.3 is 14.2 Å². The number of sulfonamides is 1. The Morgan fingerprint density at radius 2 is 1.56 bits per heavy atom. The summed E-state index contributed by atoms with van der Waals surface area (Å²) in [6.07, 6.45) is 1.40. The van der Waals surface area contributed by atoms with Crippen LogP contribution in [-0.4, -0.2) is 54.3 Å². The lowest BCUT2D eigenvalue weighted by molar-refractivity contribution is 0.0221. The highest BCUT2D eigenvalue weighted by atomic mass is 32.2. The summed E-state index contributed by atoms with van der Waals surface area (Å²) in [5.74, 6) is 0.326. The molecule has 7 heteroatoms. The van der Waals surface area contributed by atoms with Crippen LogP contribution in [0.4, 0.5) is 0 Å². The molecule has 0 radical (unpaired) electrons. The summed E-state index contributed by atoms with van der Waals surface area (Å²) in [6, 6.07) is 0. The first kappa shape index (κ1) is 17.8. The predicted octanol–water partition coefficient (Wildman–Crippen LogP) is 0.371. The molecule has 0 amide bonds. The van der Waals surface area contributed by atoms with Gasteiger partial charge >= 0.3 is 0 Å². The molecule has 0 aromatic carbocycles. The van der Waals surface area contributed by atoms with Crippen LogP contribution in [0.2, 0.25) is 0 Å². The van der Waals surface area contributed by atoms with E-state index in [9.17, 15) is 8.42 Å². The second-order valence-corrected chi connectivity index (χ2v) is 6.00. The summed E-state index contributed by atoms with van der Waals surface area (Å²) in [5, 5.41) is 4.93. The maximum Gasteiger partial charge on any atom is 0.209 e. The fraction of sp³-hybridized carbons (Fsp3) is 1.00. The van der Waals surface area contributed by atoms with Gasteiger partial charge in [-0.15, -0.1) is 0 Å². The van der Waals surface area contributed by atoms with E-state index < -0.39 is 10.0 Å². The van der Waals surface area contributed by atoms with Crippen molar-refractivity contribution in [3.8, 4) is 0 Å². The molecular formula is C11H25NO5S. The molecule has 0 bridgehead atoms. The van der Waals surface area contributed by atoms with Crippen molar-refractivity contribution in [2.75, 3.05) is 45.9 Å². The van der Waals surface area contributed by atoms with E-state index >= 15 is 0 Å². The van der Waals surface area contributed by atoms with Crippen LogP contribution < -0.4 is 5.14 Å². The van der Waals surface area contributed by atoms with Gasteiger partial charge in [-0.05, 0) is 18.8 Å². The second kappa shape index (κ2) is 10.7. The molecule has 1 atom stereocenters. The maximum absolute atomic E-state index is 10.8. The van der Waals surface area contributed by atoms with E-state index in [4.69, 9.17) is 19.3 Å². The van der Waals surface area contributed by atoms with Crippen molar-refractivity contribution in [2.24, 2.45) is 11.1 Å². The smallest absolute Gasteiger partial charge is 0.209 e. The van der Waals surface area contributed by atoms with E-state index in [1.807, 2.05) is 6.92 Å². The third-order valence-corrected chi connectivity index (χ3v) is 3.26. The fourth-order valence-electron chi connectivity index (χ4n) is 1.26. The van der Waals surface area contributed by atoms with Gasteiger partial charge in [0.2, 0.25) is 10.0 Å². The Morgan fingerprint density at radius 1 is 1.00 bits per heavy atom. The lowest BCUT2D eigenvalue weighted by Gasteiger charge is -2.11. The first-order valence-electron chi connectivity index (χ1n) is 6.10. The number of hydrogen-bond donors (Lipinski definition) is 1. The van der Waals surface area contributed by atoms with Crippen molar-refractivity contribution in [1.82, 2.24) is 0 Å². The standard InChI is InChI=1S/C11H25NO5S/c1-11(4-10-18(12,13)14)3-5-16-8-9-17-7-6-15-2/h11H,3-10H2,1-2H3,(H2,12,13,14). The quantitative estimate of drug-likeness (QED) is 0.523. The number of hydrogen-bond acceptors (Lipinski definition) is 5. The Balaban J connectivity index is 3.28. The molecule has 0 aliphatic carbocycles. The number of methoxy groups -OCH3 is 1. The molecule has 0 fully saturated rings. The van der Waals surface area contributed by atoms with Crippen molar-refractivity contribution >= 4 is 10.0 Å². The van der Waals surface area contributed by atoms with Crippen LogP contribution in [-0.2, 0) is 24.2 Å². The van der Waals surface area contributed by atoms with Crippen molar-refractivity contribution < 1.29 is 22.6 Å². The molecule has 0 saturated carbocycles. The fourth-order valence-corrected chi connectivity index (χ4v) is 1.99. The zero-order chi connectivity index (χ0) is 13.9. The Morgan fingerprint density at radius 3 is 2.11 bits per heavy atom. The van der Waals surface area contributed by atoms with Gasteiger partial charge in [-0.3, -0.25) is 0 Å². The van der Waals surface area contributed by atoms with Gasteiger partial charge in [-0.1, -0.05) is 6.92 Å². The average molecular weight is 283 g/mol. The van der Waals surface area contributed by atoms with E-state index in [-0.39, 0.29) is 11.7 Å². The first-order valence-corrected chi connectivity index (χ1v) is 7.82. The normalized spacial score (nSPS) is 13.7. The maximum atomic E-state index is 10.8. The van der Waals surface area contributed by atoms with Crippen LogP contribution in [0.1, 0.15) is 19.8 Å². The van der Waals surface area contributed by atoms with Gasteiger partial charge in [-0.2, -0.15) is 0 Å². The minimum absolute atomic E-state index is 0.0360. The SMILES string of the molecule is COCCOCCOCCC(C)CCS(N)(=O)=O. The second-order valence-electron chi connectivity index (χ2n) is 4.27. The molecule has 0 saturated heterocycles. The Bertz CT molecular complexity index is 281. The molecule has 0 aliphatic rings. The third-order valence-electron chi connectivity index (χ3n) is 2.45. The van der Waals surface area contributed by atoms with E-state index in [1.165, 1.54) is 0 Å². The number of rotatable bonds is 12. The predicted molar refractivity (Wildman–Crippen MR) is 69.9 cm³/mol. The summed E-state index contributed by atoms with van der Waals surface area (Å²) in [4.78, 5) is 0. The van der Waals surface area contributed by atoms with Crippen molar-refractivity contribution in [3.05, 3.63) is 0 Å². The van der Waals surface area contributed by atoms with E-state index in [2.05, 4.69) is 0 Å². The van der Waals surface area contributed by atoms with Crippen LogP contribution >= 0.6 is 0 Å². The third kappa shape index (κ3) is 13.9. The van der Waals surface area contributed by atoms with Gasteiger partial charge in [0.05, 0.1) is 32.2 Å². The zero-order valence-electron chi connectivity index (χ0n) is 11.3. The van der Waals surface area contributed by atoms with Crippen LogP contribution in [0.5, 0.6) is 0 Å². The monoisotopic (exact) mass is 283 g/mol. The van der Waals surface area contributed by atoms with Crippen molar-refractivity contribution in [1.29, 1.82) is 0 Å². The lowest BCUT2D eigenvalue weighted by atomic mass is 10.1. The molecule has 0 heterocycles. The number of ether oxygens (including phenoxy) is 3. The lowest BCUT2D eigenvalue weighted by Crippen LogP contribution is -2.18. The van der Waals surface area contributed by atoms with Gasteiger partial charge in [0.25, 0.3) is 0 Å². The van der Waals surface area contributed by atoms with Crippen LogP contribution in [0, 0.1) is 5.92 Å². The molecule has 1 unspecified atom stereocenters. The zero-order valence-corrected chi connectivity index (χ0v) is 12.1. The van der Waals surface area contributed by atoms with E-state index in [1.54, 1.807) is 7.11 Å². The molecule has 0 aromatic heterocycles. The highest BCUT2D eigenvalue weighted by molar-refractivity contribution is 7.89. The topological polar surface area (TPSA) is 87.8 Å². The van der Waals surface area contributed by atoms with Gasteiger partial charge in [0.15, 0.2) is 0 Å². The summed E-state index contributed by atoms with van der Waals surface area (Å²) in [6.45, 7) is 4.86. The Labute approximate surface area is 110 Å². The Hall–Kier alpha value is -0.210. The van der Waals surface area contributed by atoms with Gasteiger partial charge in [0.1, 0.15) is 0 Å². The molecular weight excluding hydrogens is 258 g/mol. The molecule has 110 valence electrons. The molecule has 2 N–H and O–H groups in total. The first-order chi connectivity index (χ1) is 8.45. The molecule has 0 spiro atoms. The van der Waals surface area contributed by atoms with Gasteiger partial charge in [0, 0.05) is 13.7 Å². The van der Waals surface area contributed by atoms with Gasteiger partial charge in [-0.25, -0.2) is 13.6 Å². The van der Waals surface area contributed by atoms with E-state index in [0.717, 1.165) is 6.42 Å². The molecule has 6 nitrogen and oxygen atoms in total. The summed E-state index contributed by atoms with van der Waals surface area (Å²) in [5.41, 5.74) is 0. The number of nitrogens with two attached hydrogens (primary N) is 1. The van der Waals surface area contributed by atoms with Crippen molar-refractivity contribution in [3.63, 3.8) is 0 Å². The average Bonchev–Trinajstić information content (AvgIpc) is 2.29. The minimum atomic E-state index is -3.34. The van der Waals surface area contributed by atoms with Crippen LogP contribution in [0.3, 0.4) is 0 Å². The van der Waals surface area contributed by atoms with Crippen LogP contribution in [0.15, 0.2) is 0 Å². The highest BCUT2D eigenvalue weighted by Crippen LogP contribution is 2.08. The summed E-state index contributed by atoms with van der Waals surface area (Å²) >= 11 is 0. The number of primary sulfonamides is 1. The largest absolute Gasteiger partial charge is 0.382 e.